The van der Waals surface area contributed by atoms with Crippen LogP contribution in [-0.4, -0.2) is 110 Å². The molecule has 6 aromatic carbocycles. The van der Waals surface area contributed by atoms with Gasteiger partial charge in [-0.1, -0.05) is 202 Å². The van der Waals surface area contributed by atoms with Gasteiger partial charge in [-0.05, 0) is 61.9 Å². The summed E-state index contributed by atoms with van der Waals surface area (Å²) in [4.78, 5) is 12.5. The average molecular weight is 1130 g/mol. The maximum absolute atomic E-state index is 12.9. The molecule has 0 spiro atoms. The van der Waals surface area contributed by atoms with Gasteiger partial charge >= 0.3 is 0 Å². The largest absolute Gasteiger partial charge is 0.388 e. The molecule has 0 bridgehead atoms. The van der Waals surface area contributed by atoms with Crippen molar-refractivity contribution >= 4 is 0 Å². The number of benzene rings is 6. The molecule has 1 N–H and O–H groups in total. The minimum atomic E-state index is -1.81. The Labute approximate surface area is 479 Å². The van der Waals surface area contributed by atoms with Gasteiger partial charge in [0, 0.05) is 19.6 Å². The lowest BCUT2D eigenvalue weighted by atomic mass is 9.84. The number of hydrogen-bond donors (Lipinski definition) is 1. The van der Waals surface area contributed by atoms with E-state index in [2.05, 4.69) is 40.1 Å². The van der Waals surface area contributed by atoms with Crippen molar-refractivity contribution in [1.29, 1.82) is 0 Å². The molecule has 9 rings (SSSR count). The fourth-order valence-electron chi connectivity index (χ4n) is 10.4. The van der Waals surface area contributed by atoms with Crippen molar-refractivity contribution in [2.75, 3.05) is 13.2 Å². The number of rotatable bonds is 28. The second-order valence-electron chi connectivity index (χ2n) is 20.0. The van der Waals surface area contributed by atoms with E-state index in [1.807, 2.05) is 182 Å². The summed E-state index contributed by atoms with van der Waals surface area (Å²) in [5, 5.41) is 29.2. The highest BCUT2D eigenvalue weighted by molar-refractivity contribution is 5.19. The molecule has 1 saturated carbocycles. The molecule has 2 aliphatic heterocycles. The fraction of sp³-hybridized carbons (Fsp3) is 0.400. The van der Waals surface area contributed by atoms with Crippen LogP contribution in [0.25, 0.3) is 41.8 Å². The maximum atomic E-state index is 12.9. The lowest BCUT2D eigenvalue weighted by Crippen LogP contribution is -2.66. The second-order valence-corrected chi connectivity index (χ2v) is 20.0. The Kier molecular flexibility index (Phi) is 22.7. The first-order chi connectivity index (χ1) is 40.9. The van der Waals surface area contributed by atoms with E-state index in [0.29, 0.717) is 0 Å². The highest BCUT2D eigenvalue weighted by Gasteiger charge is 2.55. The lowest BCUT2D eigenvalue weighted by Gasteiger charge is -2.50. The van der Waals surface area contributed by atoms with Crippen molar-refractivity contribution in [3.05, 3.63) is 257 Å². The Hall–Kier alpha value is -7.88. The average Bonchev–Trinajstić information content (AvgIpc) is 2.96. The zero-order valence-corrected chi connectivity index (χ0v) is 45.2. The van der Waals surface area contributed by atoms with Gasteiger partial charge in [0.05, 0.1) is 83.2 Å². The van der Waals surface area contributed by atoms with Crippen LogP contribution in [0.1, 0.15) is 39.8 Å². The molecular formula is C60H64N12O11. The van der Waals surface area contributed by atoms with E-state index in [-0.39, 0.29) is 59.2 Å². The maximum Gasteiger partial charge on any atom is 0.187 e. The topological polar surface area (TPSA) is 308 Å². The van der Waals surface area contributed by atoms with E-state index < -0.39 is 91.7 Å². The summed E-state index contributed by atoms with van der Waals surface area (Å²) in [7, 11) is 0. The van der Waals surface area contributed by atoms with Gasteiger partial charge in [-0.15, -0.1) is 0 Å². The molecule has 1 aliphatic carbocycles. The molecule has 430 valence electrons. The van der Waals surface area contributed by atoms with Gasteiger partial charge in [-0.25, -0.2) is 0 Å². The minimum Gasteiger partial charge on any atom is -0.388 e. The smallest absolute Gasteiger partial charge is 0.187 e. The first-order valence-corrected chi connectivity index (χ1v) is 27.3. The quantitative estimate of drug-likeness (QED) is 0.0273. The molecule has 0 amide bonds. The zero-order chi connectivity index (χ0) is 57.4. The second kappa shape index (κ2) is 31.5. The number of azide groups is 4. The van der Waals surface area contributed by atoms with Crippen molar-refractivity contribution in [1.82, 2.24) is 0 Å². The van der Waals surface area contributed by atoms with E-state index in [1.54, 1.807) is 0 Å². The predicted molar refractivity (Wildman–Crippen MR) is 302 cm³/mol. The highest BCUT2D eigenvalue weighted by Crippen LogP contribution is 2.39. The van der Waals surface area contributed by atoms with Crippen molar-refractivity contribution in [3.8, 4) is 0 Å². The standard InChI is InChI=1S/C60H64N12O11/c61-69-65-32-48-54(75-34-41-21-9-2-10-22-41)57(78-37-44-27-15-5-16-28-44)58(79-38-45-29-17-6-18-30-45)60(80-48)83-53-47(67-71-63)31-46(66-70-62)52(51(53)73)82-59-50(68-72-64)56(77-36-43-25-13-4-14-26-43)55(76-35-42-23-11-3-12-24-42)49(81-59)39-74-33-40-19-7-1-8-20-40/h1-30,46-60,73H,31-39H2/t46-,47+,48-,49-,50-,51-,52+,53-,54-,55-,56-,57+,58-,59-,60-/m1/s1. The molecule has 6 aromatic rings. The van der Waals surface area contributed by atoms with Crippen LogP contribution in [0.15, 0.2) is 202 Å². The minimum absolute atomic E-state index is 0.0314. The van der Waals surface area contributed by atoms with Crippen LogP contribution >= 0.6 is 0 Å². The Morgan fingerprint density at radius 2 is 0.759 bits per heavy atom. The number of aliphatic hydroxyl groups is 1. The zero-order valence-electron chi connectivity index (χ0n) is 45.2. The van der Waals surface area contributed by atoms with Crippen LogP contribution in [-0.2, 0) is 87.0 Å². The molecule has 0 aromatic heterocycles. The first kappa shape index (κ1) is 59.7. The van der Waals surface area contributed by atoms with Crippen molar-refractivity contribution in [2.45, 2.75) is 138 Å². The fourth-order valence-corrected chi connectivity index (χ4v) is 10.4. The van der Waals surface area contributed by atoms with Gasteiger partial charge in [0.15, 0.2) is 12.6 Å². The third-order valence-corrected chi connectivity index (χ3v) is 14.4. The van der Waals surface area contributed by atoms with Crippen molar-refractivity contribution in [2.24, 2.45) is 20.5 Å². The molecule has 0 radical (unpaired) electrons. The normalized spacial score (nSPS) is 27.6. The summed E-state index contributed by atoms with van der Waals surface area (Å²) in [6.45, 7) is 0.290. The van der Waals surface area contributed by atoms with Crippen LogP contribution in [0, 0.1) is 0 Å². The number of aliphatic hydroxyl groups excluding tert-OH is 1. The monoisotopic (exact) mass is 1130 g/mol. The molecule has 2 heterocycles. The van der Waals surface area contributed by atoms with Crippen LogP contribution in [0.4, 0.5) is 0 Å². The van der Waals surface area contributed by atoms with Gasteiger partial charge in [0.25, 0.3) is 0 Å². The van der Waals surface area contributed by atoms with E-state index in [9.17, 15) is 27.2 Å². The van der Waals surface area contributed by atoms with Gasteiger partial charge in [-0.3, -0.25) is 0 Å². The Morgan fingerprint density at radius 1 is 0.398 bits per heavy atom. The molecule has 23 nitrogen and oxygen atoms in total. The van der Waals surface area contributed by atoms with E-state index >= 15 is 0 Å². The highest BCUT2D eigenvalue weighted by atomic mass is 16.7. The predicted octanol–water partition coefficient (Wildman–Crippen LogP) is 11.5. The molecule has 23 heteroatoms. The van der Waals surface area contributed by atoms with Crippen LogP contribution in [0.5, 0.6) is 0 Å². The summed E-state index contributed by atoms with van der Waals surface area (Å²) < 4.78 is 67.3. The number of hydrogen-bond acceptors (Lipinski definition) is 15. The molecule has 0 unspecified atom stereocenters. The molecule has 3 fully saturated rings. The summed E-state index contributed by atoms with van der Waals surface area (Å²) in [6, 6.07) is 53.1. The third kappa shape index (κ3) is 16.7. The molecular weight excluding hydrogens is 1060 g/mol. The summed E-state index contributed by atoms with van der Waals surface area (Å²) in [5.41, 5.74) is 45.2. The van der Waals surface area contributed by atoms with Crippen LogP contribution in [0.2, 0.25) is 0 Å². The molecule has 15 atom stereocenters. The first-order valence-electron chi connectivity index (χ1n) is 27.3. The number of nitrogens with zero attached hydrogens (tertiary/aromatic N) is 12. The van der Waals surface area contributed by atoms with Gasteiger partial charge in [0.1, 0.15) is 48.8 Å². The summed E-state index contributed by atoms with van der Waals surface area (Å²) in [6.07, 6.45) is -15.1. The van der Waals surface area contributed by atoms with E-state index in [4.69, 9.17) is 47.4 Å². The van der Waals surface area contributed by atoms with Gasteiger partial charge < -0.3 is 52.5 Å². The van der Waals surface area contributed by atoms with Gasteiger partial charge in [0.2, 0.25) is 0 Å². The summed E-state index contributed by atoms with van der Waals surface area (Å²) in [5.74, 6) is 0. The van der Waals surface area contributed by atoms with Crippen LogP contribution in [0.3, 0.4) is 0 Å². The lowest BCUT2D eigenvalue weighted by molar-refractivity contribution is -0.345. The van der Waals surface area contributed by atoms with Gasteiger partial charge in [-0.2, -0.15) is 0 Å². The molecule has 83 heavy (non-hydrogen) atoms. The number of ether oxygens (including phenoxy) is 10. The Bertz CT molecular complexity index is 3090. The van der Waals surface area contributed by atoms with Crippen molar-refractivity contribution in [3.63, 3.8) is 0 Å². The molecule has 2 saturated heterocycles. The van der Waals surface area contributed by atoms with Crippen LogP contribution < -0.4 is 0 Å². The van der Waals surface area contributed by atoms with Crippen molar-refractivity contribution < 1.29 is 52.5 Å². The Morgan fingerprint density at radius 3 is 1.18 bits per heavy atom. The van der Waals surface area contributed by atoms with E-state index in [1.165, 1.54) is 0 Å². The Balaban J connectivity index is 1.07. The third-order valence-electron chi connectivity index (χ3n) is 14.4. The summed E-state index contributed by atoms with van der Waals surface area (Å²) >= 11 is 0. The molecule has 3 aliphatic rings. The SMILES string of the molecule is [N-]=[N+]=NC[C@H]1O[C@H](O[C@H]2[C@H](O)[C@@H](O[C@H]3O[C@H](COCc4ccccc4)[C@@H](OCc4ccccc4)[C@H](OCc4ccccc4)[C@H]3N=[N+]=[N-])[C@H](N=[N+]=[N-])C[C@@H]2N=[N+]=[N-])[C@H](OCc2ccccc2)[C@@H](OCc2ccccc2)[C@@H]1OCc1ccccc1. The van der Waals surface area contributed by atoms with E-state index in [0.717, 1.165) is 33.4 Å².